The van der Waals surface area contributed by atoms with E-state index < -0.39 is 16.1 Å². The van der Waals surface area contributed by atoms with Crippen LogP contribution in [0.1, 0.15) is 32.1 Å². The monoisotopic (exact) mass is 322 g/mol. The Morgan fingerprint density at radius 2 is 1.59 bits per heavy atom. The van der Waals surface area contributed by atoms with Crippen molar-refractivity contribution in [2.45, 2.75) is 43.0 Å². The van der Waals surface area contributed by atoms with E-state index in [-0.39, 0.29) is 10.8 Å². The number of amides is 1. The van der Waals surface area contributed by atoms with Gasteiger partial charge < -0.3 is 4.90 Å². The van der Waals surface area contributed by atoms with Gasteiger partial charge in [-0.15, -0.1) is 0 Å². The van der Waals surface area contributed by atoms with Crippen molar-refractivity contribution < 1.29 is 13.2 Å². The van der Waals surface area contributed by atoms with E-state index >= 15 is 0 Å². The van der Waals surface area contributed by atoms with Gasteiger partial charge in [0.2, 0.25) is 15.9 Å². The van der Waals surface area contributed by atoms with Gasteiger partial charge >= 0.3 is 0 Å². The summed E-state index contributed by atoms with van der Waals surface area (Å²) in [6.45, 7) is 1.95. The summed E-state index contributed by atoms with van der Waals surface area (Å²) in [4.78, 5) is 14.8. The van der Waals surface area contributed by atoms with E-state index in [0.29, 0.717) is 13.0 Å². The molecule has 2 aliphatic heterocycles. The summed E-state index contributed by atoms with van der Waals surface area (Å²) in [5, 5.41) is 0. The molecule has 0 saturated carbocycles. The fourth-order valence-electron chi connectivity index (χ4n) is 3.32. The van der Waals surface area contributed by atoms with Gasteiger partial charge in [0.15, 0.2) is 0 Å². The Bertz CT molecular complexity index is 624. The van der Waals surface area contributed by atoms with Crippen LogP contribution < -0.4 is 0 Å². The van der Waals surface area contributed by atoms with Crippen molar-refractivity contribution in [3.63, 3.8) is 0 Å². The minimum absolute atomic E-state index is 0.0169. The van der Waals surface area contributed by atoms with E-state index in [4.69, 9.17) is 0 Å². The minimum Gasteiger partial charge on any atom is -0.341 e. The maximum Gasteiger partial charge on any atom is 0.243 e. The summed E-state index contributed by atoms with van der Waals surface area (Å²) in [5.74, 6) is -0.0169. The standard InChI is InChI=1S/C16H22N2O3S/c19-16(17-11-6-7-12-17)15-10-4-5-13-18(15)22(20,21)14-8-2-1-3-9-14/h1-3,8-9,15H,4-7,10-13H2. The molecule has 1 aromatic carbocycles. The molecule has 1 aromatic rings. The van der Waals surface area contributed by atoms with Gasteiger partial charge in [0.05, 0.1) is 4.90 Å². The topological polar surface area (TPSA) is 57.7 Å². The Morgan fingerprint density at radius 1 is 0.955 bits per heavy atom. The Morgan fingerprint density at radius 3 is 2.27 bits per heavy atom. The molecule has 0 N–H and O–H groups in total. The maximum atomic E-state index is 12.9. The van der Waals surface area contributed by atoms with E-state index in [1.165, 1.54) is 4.31 Å². The Kier molecular flexibility index (Phi) is 4.49. The van der Waals surface area contributed by atoms with E-state index in [1.807, 2.05) is 4.90 Å². The highest BCUT2D eigenvalue weighted by Crippen LogP contribution is 2.27. The second-order valence-electron chi connectivity index (χ2n) is 5.97. The number of piperidine rings is 1. The number of carbonyl (C=O) groups is 1. The molecule has 2 aliphatic rings. The summed E-state index contributed by atoms with van der Waals surface area (Å²) < 4.78 is 27.2. The first-order valence-electron chi connectivity index (χ1n) is 7.96. The molecule has 2 saturated heterocycles. The molecular weight excluding hydrogens is 300 g/mol. The molecule has 6 heteroatoms. The average molecular weight is 322 g/mol. The van der Waals surface area contributed by atoms with Crippen molar-refractivity contribution in [1.82, 2.24) is 9.21 Å². The average Bonchev–Trinajstić information content (AvgIpc) is 3.09. The normalized spacial score (nSPS) is 23.6. The van der Waals surface area contributed by atoms with Gasteiger partial charge in [-0.2, -0.15) is 4.31 Å². The predicted octanol–water partition coefficient (Wildman–Crippen LogP) is 1.85. The summed E-state index contributed by atoms with van der Waals surface area (Å²) in [6, 6.07) is 7.89. The van der Waals surface area contributed by atoms with Gasteiger partial charge in [-0.3, -0.25) is 4.79 Å². The number of sulfonamides is 1. The molecule has 0 bridgehead atoms. The first-order chi connectivity index (χ1) is 10.6. The molecule has 1 amide bonds. The fourth-order valence-corrected chi connectivity index (χ4v) is 4.99. The number of likely N-dealkylation sites (tertiary alicyclic amines) is 1. The van der Waals surface area contributed by atoms with Gasteiger partial charge in [-0.25, -0.2) is 8.42 Å². The molecule has 2 fully saturated rings. The molecule has 2 heterocycles. The highest BCUT2D eigenvalue weighted by atomic mass is 32.2. The van der Waals surface area contributed by atoms with Crippen LogP contribution in [0.2, 0.25) is 0 Å². The second kappa shape index (κ2) is 6.38. The van der Waals surface area contributed by atoms with Crippen LogP contribution in [-0.4, -0.2) is 49.2 Å². The molecule has 1 unspecified atom stereocenters. The number of nitrogens with zero attached hydrogens (tertiary/aromatic N) is 2. The highest BCUT2D eigenvalue weighted by Gasteiger charge is 2.39. The number of rotatable bonds is 3. The zero-order valence-corrected chi connectivity index (χ0v) is 13.5. The quantitative estimate of drug-likeness (QED) is 0.853. The molecular formula is C16H22N2O3S. The zero-order chi connectivity index (χ0) is 15.6. The summed E-state index contributed by atoms with van der Waals surface area (Å²) >= 11 is 0. The van der Waals surface area contributed by atoms with Crippen molar-refractivity contribution in [1.29, 1.82) is 0 Å². The van der Waals surface area contributed by atoms with E-state index in [1.54, 1.807) is 30.3 Å². The number of hydrogen-bond donors (Lipinski definition) is 0. The Labute approximate surface area is 132 Å². The third-order valence-electron chi connectivity index (χ3n) is 4.51. The summed E-state index contributed by atoms with van der Waals surface area (Å²) in [5.41, 5.74) is 0. The molecule has 5 nitrogen and oxygen atoms in total. The smallest absolute Gasteiger partial charge is 0.243 e. The van der Waals surface area contributed by atoms with E-state index in [2.05, 4.69) is 0 Å². The maximum absolute atomic E-state index is 12.9. The van der Waals surface area contributed by atoms with Crippen LogP contribution in [0.25, 0.3) is 0 Å². The SMILES string of the molecule is O=C(C1CCCCN1S(=O)(=O)c1ccccc1)N1CCCC1. The molecule has 22 heavy (non-hydrogen) atoms. The first kappa shape index (κ1) is 15.5. The third-order valence-corrected chi connectivity index (χ3v) is 6.43. The molecule has 0 radical (unpaired) electrons. The Hall–Kier alpha value is -1.40. The van der Waals surface area contributed by atoms with Gasteiger partial charge in [0.1, 0.15) is 6.04 Å². The van der Waals surface area contributed by atoms with Crippen molar-refractivity contribution in [3.8, 4) is 0 Å². The lowest BCUT2D eigenvalue weighted by atomic mass is 10.0. The lowest BCUT2D eigenvalue weighted by Crippen LogP contribution is -2.52. The molecule has 1 atom stereocenters. The van der Waals surface area contributed by atoms with Gasteiger partial charge in [-0.05, 0) is 37.8 Å². The number of hydrogen-bond acceptors (Lipinski definition) is 3. The van der Waals surface area contributed by atoms with Gasteiger partial charge in [0.25, 0.3) is 0 Å². The molecule has 3 rings (SSSR count). The van der Waals surface area contributed by atoms with Crippen molar-refractivity contribution in [2.75, 3.05) is 19.6 Å². The summed E-state index contributed by atoms with van der Waals surface area (Å²) in [6.07, 6.45) is 4.39. The van der Waals surface area contributed by atoms with Crippen LogP contribution in [0.5, 0.6) is 0 Å². The number of benzene rings is 1. The predicted molar refractivity (Wildman–Crippen MR) is 83.8 cm³/mol. The van der Waals surface area contributed by atoms with Gasteiger partial charge in [-0.1, -0.05) is 24.6 Å². The second-order valence-corrected chi connectivity index (χ2v) is 7.86. The van der Waals surface area contributed by atoms with Crippen LogP contribution in [0, 0.1) is 0 Å². The molecule has 0 aromatic heterocycles. The van der Waals surface area contributed by atoms with Crippen LogP contribution >= 0.6 is 0 Å². The van der Waals surface area contributed by atoms with Crippen LogP contribution in [0.15, 0.2) is 35.2 Å². The highest BCUT2D eigenvalue weighted by molar-refractivity contribution is 7.89. The third kappa shape index (κ3) is 2.90. The van der Waals surface area contributed by atoms with Crippen LogP contribution in [0.4, 0.5) is 0 Å². The van der Waals surface area contributed by atoms with E-state index in [0.717, 1.165) is 38.8 Å². The first-order valence-corrected chi connectivity index (χ1v) is 9.40. The fraction of sp³-hybridized carbons (Fsp3) is 0.562. The molecule has 0 aliphatic carbocycles. The minimum atomic E-state index is -3.60. The van der Waals surface area contributed by atoms with Crippen LogP contribution in [-0.2, 0) is 14.8 Å². The van der Waals surface area contributed by atoms with E-state index in [9.17, 15) is 13.2 Å². The van der Waals surface area contributed by atoms with Gasteiger partial charge in [0, 0.05) is 19.6 Å². The van der Waals surface area contributed by atoms with Crippen molar-refractivity contribution >= 4 is 15.9 Å². The lowest BCUT2D eigenvalue weighted by Gasteiger charge is -2.35. The zero-order valence-electron chi connectivity index (χ0n) is 12.6. The largest absolute Gasteiger partial charge is 0.341 e. The van der Waals surface area contributed by atoms with Crippen molar-refractivity contribution in [2.24, 2.45) is 0 Å². The van der Waals surface area contributed by atoms with Crippen molar-refractivity contribution in [3.05, 3.63) is 30.3 Å². The molecule has 120 valence electrons. The number of carbonyl (C=O) groups excluding carboxylic acids is 1. The molecule has 0 spiro atoms. The Balaban J connectivity index is 1.87. The van der Waals surface area contributed by atoms with Crippen LogP contribution in [0.3, 0.4) is 0 Å². The lowest BCUT2D eigenvalue weighted by molar-refractivity contribution is -0.135. The summed E-state index contributed by atoms with van der Waals surface area (Å²) in [7, 11) is -3.60.